The summed E-state index contributed by atoms with van der Waals surface area (Å²) in [6, 6.07) is 20.4. The Morgan fingerprint density at radius 1 is 0.911 bits per heavy atom. The van der Waals surface area contributed by atoms with E-state index in [0.717, 1.165) is 48.7 Å². The Bertz CT molecular complexity index is 1640. The highest BCUT2D eigenvalue weighted by molar-refractivity contribution is 5.98. The Hall–Kier alpha value is -5.36. The molecule has 0 radical (unpaired) electrons. The zero-order chi connectivity index (χ0) is 31.9. The second-order valence-electron chi connectivity index (χ2n) is 10.6. The average molecular weight is 612 g/mol. The summed E-state index contributed by atoms with van der Waals surface area (Å²) in [5.74, 6) is 1.49. The molecule has 0 atom stereocenters. The molecule has 12 nitrogen and oxygen atoms in total. The first-order valence-electron chi connectivity index (χ1n) is 14.5. The lowest BCUT2D eigenvalue weighted by Gasteiger charge is -2.35. The first-order chi connectivity index (χ1) is 21.7. The van der Waals surface area contributed by atoms with Crippen LogP contribution in [0.2, 0.25) is 0 Å². The molecular weight excluding hydrogens is 574 g/mol. The predicted octanol–water partition coefficient (Wildman–Crippen LogP) is 4.80. The van der Waals surface area contributed by atoms with Crippen molar-refractivity contribution < 1.29 is 23.8 Å². The van der Waals surface area contributed by atoms with Crippen LogP contribution in [0.1, 0.15) is 11.1 Å². The molecule has 0 aliphatic carbocycles. The molecule has 5 rings (SSSR count). The summed E-state index contributed by atoms with van der Waals surface area (Å²) < 4.78 is 16.6. The van der Waals surface area contributed by atoms with Crippen LogP contribution in [-0.2, 0) is 4.79 Å². The molecule has 2 amide bonds. The zero-order valence-corrected chi connectivity index (χ0v) is 25.8. The summed E-state index contributed by atoms with van der Waals surface area (Å²) in [6.45, 7) is 7.29. The molecule has 0 unspecified atom stereocenters. The number of primary amides is 1. The number of hydrogen-bond donors (Lipinski definition) is 2. The van der Waals surface area contributed by atoms with Crippen molar-refractivity contribution in [2.75, 3.05) is 62.1 Å². The number of ether oxygens (including phenoxy) is 3. The molecule has 12 heteroatoms. The maximum Gasteiger partial charge on any atom is 0.425 e. The van der Waals surface area contributed by atoms with E-state index >= 15 is 0 Å². The Morgan fingerprint density at radius 2 is 1.62 bits per heavy atom. The summed E-state index contributed by atoms with van der Waals surface area (Å²) in [6.07, 6.45) is 0.924. The van der Waals surface area contributed by atoms with Gasteiger partial charge in [-0.25, -0.2) is 14.7 Å². The summed E-state index contributed by atoms with van der Waals surface area (Å²) in [5.41, 5.74) is 9.59. The molecule has 2 heterocycles. The van der Waals surface area contributed by atoms with E-state index in [0.29, 0.717) is 29.0 Å². The molecule has 1 aliphatic heterocycles. The number of piperazine rings is 1. The van der Waals surface area contributed by atoms with Gasteiger partial charge in [0.2, 0.25) is 11.9 Å². The highest BCUT2D eigenvalue weighted by Gasteiger charge is 2.27. The lowest BCUT2D eigenvalue weighted by Crippen LogP contribution is -2.48. The molecule has 234 valence electrons. The minimum absolute atomic E-state index is 0.237. The zero-order valence-electron chi connectivity index (χ0n) is 25.8. The van der Waals surface area contributed by atoms with E-state index in [9.17, 15) is 9.59 Å². The van der Waals surface area contributed by atoms with Gasteiger partial charge < -0.3 is 30.2 Å². The van der Waals surface area contributed by atoms with Crippen LogP contribution in [0.5, 0.6) is 17.2 Å². The van der Waals surface area contributed by atoms with Gasteiger partial charge >= 0.3 is 6.09 Å². The van der Waals surface area contributed by atoms with E-state index in [-0.39, 0.29) is 18.2 Å². The van der Waals surface area contributed by atoms with Gasteiger partial charge in [-0.3, -0.25) is 9.69 Å². The van der Waals surface area contributed by atoms with Crippen molar-refractivity contribution in [1.29, 1.82) is 0 Å². The van der Waals surface area contributed by atoms with Gasteiger partial charge in [-0.05, 0) is 61.4 Å². The minimum Gasteiger partial charge on any atom is -0.497 e. The van der Waals surface area contributed by atoms with Crippen molar-refractivity contribution in [2.45, 2.75) is 13.8 Å². The SMILES string of the molecule is COc1ccc(OC(=O)N(c2ccnc(Nc3ccc(N4CCN(CC(N)=O)CC4)cc3)n2)c2c(C)cccc2C)c(OC)c1. The topological polar surface area (TPSA) is 135 Å². The number of methoxy groups -OCH3 is 2. The number of nitrogens with one attached hydrogen (secondary N) is 1. The van der Waals surface area contributed by atoms with Gasteiger partial charge in [0.25, 0.3) is 0 Å². The van der Waals surface area contributed by atoms with Crippen LogP contribution in [-0.4, -0.2) is 73.8 Å². The molecule has 0 bridgehead atoms. The number of carbonyl (C=O) groups excluding carboxylic acids is 2. The highest BCUT2D eigenvalue weighted by atomic mass is 16.6. The summed E-state index contributed by atoms with van der Waals surface area (Å²) >= 11 is 0. The number of amides is 2. The van der Waals surface area contributed by atoms with E-state index in [1.54, 1.807) is 37.6 Å². The van der Waals surface area contributed by atoms with Crippen LogP contribution >= 0.6 is 0 Å². The maximum atomic E-state index is 13.9. The lowest BCUT2D eigenvalue weighted by atomic mass is 10.1. The number of nitrogens with zero attached hydrogens (tertiary/aromatic N) is 5. The number of anilines is 5. The van der Waals surface area contributed by atoms with Crippen molar-refractivity contribution in [1.82, 2.24) is 14.9 Å². The van der Waals surface area contributed by atoms with Gasteiger partial charge in [0.15, 0.2) is 11.5 Å². The third-order valence-electron chi connectivity index (χ3n) is 7.52. The summed E-state index contributed by atoms with van der Waals surface area (Å²) in [5, 5.41) is 3.25. The second kappa shape index (κ2) is 14.0. The normalized spacial score (nSPS) is 13.2. The van der Waals surface area contributed by atoms with Crippen molar-refractivity contribution in [3.8, 4) is 17.2 Å². The largest absolute Gasteiger partial charge is 0.497 e. The van der Waals surface area contributed by atoms with Gasteiger partial charge in [-0.2, -0.15) is 4.98 Å². The molecule has 1 fully saturated rings. The molecule has 3 N–H and O–H groups in total. The number of carbonyl (C=O) groups is 2. The fraction of sp³-hybridized carbons (Fsp3) is 0.273. The molecular formula is C33H37N7O5. The second-order valence-corrected chi connectivity index (χ2v) is 10.6. The Balaban J connectivity index is 1.37. The molecule has 1 aromatic heterocycles. The van der Waals surface area contributed by atoms with Crippen molar-refractivity contribution in [3.63, 3.8) is 0 Å². The van der Waals surface area contributed by atoms with Gasteiger partial charge in [-0.1, -0.05) is 18.2 Å². The third-order valence-corrected chi connectivity index (χ3v) is 7.52. The molecule has 0 saturated carbocycles. The van der Waals surface area contributed by atoms with Crippen molar-refractivity contribution >= 4 is 40.8 Å². The smallest absolute Gasteiger partial charge is 0.425 e. The number of aryl methyl sites for hydroxylation is 2. The average Bonchev–Trinajstić information content (AvgIpc) is 3.03. The van der Waals surface area contributed by atoms with Crippen LogP contribution in [0.15, 0.2) is 72.9 Å². The van der Waals surface area contributed by atoms with Crippen molar-refractivity contribution in [3.05, 3.63) is 84.1 Å². The fourth-order valence-electron chi connectivity index (χ4n) is 5.26. The monoisotopic (exact) mass is 611 g/mol. The predicted molar refractivity (Wildman–Crippen MR) is 173 cm³/mol. The van der Waals surface area contributed by atoms with Crippen molar-refractivity contribution in [2.24, 2.45) is 5.73 Å². The van der Waals surface area contributed by atoms with Crippen LogP contribution < -0.4 is 35.1 Å². The van der Waals surface area contributed by atoms with Crippen LogP contribution in [0.4, 0.5) is 33.6 Å². The minimum atomic E-state index is -0.666. The number of hydrogen-bond acceptors (Lipinski definition) is 10. The highest BCUT2D eigenvalue weighted by Crippen LogP contribution is 2.35. The molecule has 1 saturated heterocycles. The quantitative estimate of drug-likeness (QED) is 0.257. The number of para-hydroxylation sites is 1. The Labute approximate surface area is 262 Å². The van der Waals surface area contributed by atoms with Crippen LogP contribution in [0, 0.1) is 13.8 Å². The molecule has 1 aliphatic rings. The third kappa shape index (κ3) is 7.42. The molecule has 4 aromatic rings. The maximum absolute atomic E-state index is 13.9. The van der Waals surface area contributed by atoms with Gasteiger partial charge in [-0.15, -0.1) is 0 Å². The number of aromatic nitrogens is 2. The standard InChI is InChI=1S/C33H37N7O5/c1-22-6-5-7-23(2)31(22)40(33(42)45-27-13-12-26(43-3)20-28(27)44-4)30-14-15-35-32(37-30)36-24-8-10-25(11-9-24)39-18-16-38(17-19-39)21-29(34)41/h5-15,20H,16-19,21H2,1-4H3,(H2,34,41)(H,35,36,37). The first-order valence-corrected chi connectivity index (χ1v) is 14.5. The van der Waals surface area contributed by atoms with E-state index in [4.69, 9.17) is 24.9 Å². The summed E-state index contributed by atoms with van der Waals surface area (Å²) in [7, 11) is 3.05. The lowest BCUT2D eigenvalue weighted by molar-refractivity contribution is -0.119. The fourth-order valence-corrected chi connectivity index (χ4v) is 5.26. The van der Waals surface area contributed by atoms with Gasteiger partial charge in [0.1, 0.15) is 11.6 Å². The molecule has 0 spiro atoms. The van der Waals surface area contributed by atoms with Crippen LogP contribution in [0.3, 0.4) is 0 Å². The first kappa shape index (κ1) is 31.1. The van der Waals surface area contributed by atoms with Gasteiger partial charge in [0.05, 0.1) is 26.5 Å². The van der Waals surface area contributed by atoms with E-state index in [2.05, 4.69) is 20.1 Å². The number of rotatable bonds is 10. The van der Waals surface area contributed by atoms with E-state index in [1.807, 2.05) is 56.3 Å². The number of benzene rings is 3. The van der Waals surface area contributed by atoms with Crippen LogP contribution in [0.25, 0.3) is 0 Å². The molecule has 45 heavy (non-hydrogen) atoms. The van der Waals surface area contributed by atoms with E-state index < -0.39 is 6.09 Å². The Morgan fingerprint density at radius 3 is 2.27 bits per heavy atom. The number of nitrogens with two attached hydrogens (primary N) is 1. The van der Waals surface area contributed by atoms with E-state index in [1.165, 1.54) is 12.0 Å². The molecule has 3 aromatic carbocycles. The summed E-state index contributed by atoms with van der Waals surface area (Å²) in [4.78, 5) is 40.0. The Kier molecular flexibility index (Phi) is 9.64. The van der Waals surface area contributed by atoms with Gasteiger partial charge in [0, 0.05) is 55.9 Å².